The largest absolute Gasteiger partial charge is 0.496 e. The van der Waals surface area contributed by atoms with Crippen LogP contribution in [-0.2, 0) is 0 Å². The number of nitrogens with zero attached hydrogens (tertiary/aromatic N) is 1. The maximum absolute atomic E-state index is 12.6. The predicted octanol–water partition coefficient (Wildman–Crippen LogP) is 4.26. The molecule has 0 radical (unpaired) electrons. The molecule has 0 saturated heterocycles. The summed E-state index contributed by atoms with van der Waals surface area (Å²) >= 11 is 3.35. The van der Waals surface area contributed by atoms with E-state index in [1.165, 1.54) is 0 Å². The zero-order chi connectivity index (χ0) is 15.4. The van der Waals surface area contributed by atoms with Gasteiger partial charge in [-0.1, -0.05) is 46.3 Å². The van der Waals surface area contributed by atoms with E-state index in [0.717, 1.165) is 5.56 Å². The van der Waals surface area contributed by atoms with Crippen LogP contribution in [0.3, 0.4) is 0 Å². The summed E-state index contributed by atoms with van der Waals surface area (Å²) in [6, 6.07) is 14.6. The minimum Gasteiger partial charge on any atom is -0.496 e. The molecule has 1 unspecified atom stereocenters. The lowest BCUT2D eigenvalue weighted by atomic mass is 9.91. The van der Waals surface area contributed by atoms with E-state index < -0.39 is 5.92 Å². The minimum atomic E-state index is -0.849. The first-order valence-electron chi connectivity index (χ1n) is 6.41. The Morgan fingerprint density at radius 1 is 1.29 bits per heavy atom. The number of carbonyl (C=O) groups is 1. The molecular formula is C17H14BrNO2. The third-order valence-electron chi connectivity index (χ3n) is 3.30. The van der Waals surface area contributed by atoms with Gasteiger partial charge in [0.25, 0.3) is 0 Å². The Hall–Kier alpha value is -2.12. The van der Waals surface area contributed by atoms with Crippen molar-refractivity contribution in [1.82, 2.24) is 0 Å². The first kappa shape index (κ1) is 15.3. The van der Waals surface area contributed by atoms with Crippen LogP contribution in [0.4, 0.5) is 0 Å². The van der Waals surface area contributed by atoms with Gasteiger partial charge in [-0.2, -0.15) is 5.26 Å². The van der Waals surface area contributed by atoms with Gasteiger partial charge in [0.1, 0.15) is 11.7 Å². The summed E-state index contributed by atoms with van der Waals surface area (Å²) in [6.07, 6.45) is 0. The molecule has 2 aromatic rings. The highest BCUT2D eigenvalue weighted by Crippen LogP contribution is 2.28. The fourth-order valence-corrected chi connectivity index (χ4v) is 2.60. The van der Waals surface area contributed by atoms with Gasteiger partial charge in [-0.25, -0.2) is 0 Å². The molecule has 0 aliphatic carbocycles. The number of Topliss-reactive ketones (excluding diaryl/α,β-unsaturated/α-hetero) is 1. The van der Waals surface area contributed by atoms with Crippen LogP contribution in [0.15, 0.2) is 46.9 Å². The Kier molecular flexibility index (Phi) is 4.77. The van der Waals surface area contributed by atoms with Crippen LogP contribution in [0, 0.1) is 18.3 Å². The molecule has 1 atom stereocenters. The summed E-state index contributed by atoms with van der Waals surface area (Å²) in [5.41, 5.74) is 2.11. The van der Waals surface area contributed by atoms with E-state index in [1.54, 1.807) is 37.4 Å². The molecule has 21 heavy (non-hydrogen) atoms. The zero-order valence-electron chi connectivity index (χ0n) is 11.8. The first-order chi connectivity index (χ1) is 10.1. The van der Waals surface area contributed by atoms with Gasteiger partial charge >= 0.3 is 0 Å². The summed E-state index contributed by atoms with van der Waals surface area (Å²) in [6.45, 7) is 1.92. The van der Waals surface area contributed by atoms with Gasteiger partial charge < -0.3 is 4.74 Å². The van der Waals surface area contributed by atoms with Gasteiger partial charge in [-0.3, -0.25) is 4.79 Å². The Labute approximate surface area is 132 Å². The molecule has 0 aliphatic heterocycles. The number of halogens is 1. The van der Waals surface area contributed by atoms with Crippen LogP contribution in [0.25, 0.3) is 0 Å². The smallest absolute Gasteiger partial charge is 0.185 e. The summed E-state index contributed by atoms with van der Waals surface area (Å²) in [5.74, 6) is -0.401. The van der Waals surface area contributed by atoms with E-state index in [-0.39, 0.29) is 5.78 Å². The molecular weight excluding hydrogens is 330 g/mol. The molecule has 106 valence electrons. The SMILES string of the molecule is COc1cc(C(C#N)C(=O)c2ccccc2Br)ccc1C. The lowest BCUT2D eigenvalue weighted by Gasteiger charge is -2.12. The molecule has 0 bridgehead atoms. The fourth-order valence-electron chi connectivity index (χ4n) is 2.12. The molecule has 0 N–H and O–H groups in total. The normalized spacial score (nSPS) is 11.5. The van der Waals surface area contributed by atoms with Crippen LogP contribution in [0.1, 0.15) is 27.4 Å². The van der Waals surface area contributed by atoms with Crippen molar-refractivity contribution >= 4 is 21.7 Å². The van der Waals surface area contributed by atoms with Crippen molar-refractivity contribution in [3.63, 3.8) is 0 Å². The van der Waals surface area contributed by atoms with Crippen molar-refractivity contribution in [2.75, 3.05) is 7.11 Å². The Morgan fingerprint density at radius 3 is 2.62 bits per heavy atom. The molecule has 0 heterocycles. The number of ketones is 1. The van der Waals surface area contributed by atoms with Gasteiger partial charge in [-0.05, 0) is 30.2 Å². The van der Waals surface area contributed by atoms with Crippen molar-refractivity contribution in [3.05, 3.63) is 63.6 Å². The molecule has 2 rings (SSSR count). The van der Waals surface area contributed by atoms with Gasteiger partial charge in [-0.15, -0.1) is 0 Å². The number of hydrogen-bond acceptors (Lipinski definition) is 3. The molecule has 0 fully saturated rings. The summed E-state index contributed by atoms with van der Waals surface area (Å²) in [5, 5.41) is 9.41. The number of methoxy groups -OCH3 is 1. The number of rotatable bonds is 4. The number of benzene rings is 2. The number of ether oxygens (including phenoxy) is 1. The lowest BCUT2D eigenvalue weighted by Crippen LogP contribution is -2.12. The Morgan fingerprint density at radius 2 is 2.00 bits per heavy atom. The Balaban J connectivity index is 2.43. The summed E-state index contributed by atoms with van der Waals surface area (Å²) in [7, 11) is 1.57. The van der Waals surface area contributed by atoms with E-state index in [1.807, 2.05) is 19.1 Å². The molecule has 2 aromatic carbocycles. The van der Waals surface area contributed by atoms with Gasteiger partial charge in [0.05, 0.1) is 13.2 Å². The third-order valence-corrected chi connectivity index (χ3v) is 3.99. The first-order valence-corrected chi connectivity index (χ1v) is 7.20. The van der Waals surface area contributed by atoms with Crippen LogP contribution >= 0.6 is 15.9 Å². The topological polar surface area (TPSA) is 50.1 Å². The average Bonchev–Trinajstić information content (AvgIpc) is 2.49. The molecule has 0 amide bonds. The average molecular weight is 344 g/mol. The maximum atomic E-state index is 12.6. The molecule has 0 spiro atoms. The quantitative estimate of drug-likeness (QED) is 0.779. The summed E-state index contributed by atoms with van der Waals surface area (Å²) < 4.78 is 5.95. The molecule has 0 aromatic heterocycles. The van der Waals surface area contributed by atoms with Crippen molar-refractivity contribution in [3.8, 4) is 11.8 Å². The zero-order valence-corrected chi connectivity index (χ0v) is 13.3. The second kappa shape index (κ2) is 6.55. The molecule has 4 heteroatoms. The highest BCUT2D eigenvalue weighted by molar-refractivity contribution is 9.10. The second-order valence-electron chi connectivity index (χ2n) is 4.64. The van der Waals surface area contributed by atoms with Crippen molar-refractivity contribution < 1.29 is 9.53 Å². The number of aryl methyl sites for hydroxylation is 1. The van der Waals surface area contributed by atoms with Crippen molar-refractivity contribution in [2.24, 2.45) is 0 Å². The predicted molar refractivity (Wildman–Crippen MR) is 84.6 cm³/mol. The maximum Gasteiger partial charge on any atom is 0.185 e. The van der Waals surface area contributed by atoms with Crippen molar-refractivity contribution in [2.45, 2.75) is 12.8 Å². The molecule has 0 saturated carbocycles. The van der Waals surface area contributed by atoms with E-state index >= 15 is 0 Å². The van der Waals surface area contributed by atoms with E-state index in [2.05, 4.69) is 22.0 Å². The second-order valence-corrected chi connectivity index (χ2v) is 5.49. The fraction of sp³-hybridized carbons (Fsp3) is 0.176. The van der Waals surface area contributed by atoms with Gasteiger partial charge in [0.2, 0.25) is 0 Å². The van der Waals surface area contributed by atoms with Crippen molar-refractivity contribution in [1.29, 1.82) is 5.26 Å². The highest BCUT2D eigenvalue weighted by Gasteiger charge is 2.24. The molecule has 0 aliphatic rings. The van der Waals surface area contributed by atoms with Gasteiger partial charge in [0, 0.05) is 10.0 Å². The van der Waals surface area contributed by atoms with E-state index in [4.69, 9.17) is 4.74 Å². The standard InChI is InChI=1S/C17H14BrNO2/c1-11-7-8-12(9-16(11)21-2)14(10-19)17(20)13-5-3-4-6-15(13)18/h3-9,14H,1-2H3. The van der Waals surface area contributed by atoms with E-state index in [9.17, 15) is 10.1 Å². The van der Waals surface area contributed by atoms with Crippen LogP contribution in [-0.4, -0.2) is 12.9 Å². The number of carbonyl (C=O) groups excluding carboxylic acids is 1. The third kappa shape index (κ3) is 3.14. The minimum absolute atomic E-state index is 0.226. The van der Waals surface area contributed by atoms with Crippen LogP contribution < -0.4 is 4.74 Å². The molecule has 3 nitrogen and oxygen atoms in total. The summed E-state index contributed by atoms with van der Waals surface area (Å²) in [4.78, 5) is 12.6. The van der Waals surface area contributed by atoms with Gasteiger partial charge in [0.15, 0.2) is 5.78 Å². The van der Waals surface area contributed by atoms with Crippen LogP contribution in [0.5, 0.6) is 5.75 Å². The van der Waals surface area contributed by atoms with Crippen LogP contribution in [0.2, 0.25) is 0 Å². The Bertz CT molecular complexity index is 719. The number of hydrogen-bond donors (Lipinski definition) is 0. The lowest BCUT2D eigenvalue weighted by molar-refractivity contribution is 0.0978. The monoisotopic (exact) mass is 343 g/mol. The number of nitriles is 1. The van der Waals surface area contributed by atoms with E-state index in [0.29, 0.717) is 21.3 Å². The highest BCUT2D eigenvalue weighted by atomic mass is 79.9.